The molecule has 0 fully saturated rings. The molecule has 0 radical (unpaired) electrons. The second kappa shape index (κ2) is 9.34. The molecule has 0 spiro atoms. The summed E-state index contributed by atoms with van der Waals surface area (Å²) in [7, 11) is 0. The Morgan fingerprint density at radius 2 is 1.67 bits per heavy atom. The number of hydrogen-bond donors (Lipinski definition) is 2. The molecule has 2 heterocycles. The van der Waals surface area contributed by atoms with E-state index in [0.29, 0.717) is 29.4 Å². The van der Waals surface area contributed by atoms with E-state index in [2.05, 4.69) is 20.6 Å². The number of carbonyl (C=O) groups excluding carboxylic acids is 1. The minimum Gasteiger partial charge on any atom is -0.457 e. The van der Waals surface area contributed by atoms with Gasteiger partial charge in [-0.25, -0.2) is 4.98 Å². The monoisotopic (exact) mass is 396 g/mol. The normalized spacial score (nSPS) is 10.3. The molecule has 0 saturated carbocycles. The van der Waals surface area contributed by atoms with Gasteiger partial charge < -0.3 is 15.4 Å². The van der Waals surface area contributed by atoms with Crippen LogP contribution in [0.1, 0.15) is 15.9 Å². The number of para-hydroxylation sites is 1. The molecule has 6 nitrogen and oxygen atoms in total. The number of hydrogen-bond acceptors (Lipinski definition) is 5. The van der Waals surface area contributed by atoms with Crippen LogP contribution in [0.2, 0.25) is 0 Å². The van der Waals surface area contributed by atoms with Crippen molar-refractivity contribution >= 4 is 17.4 Å². The minimum absolute atomic E-state index is 0.210. The Morgan fingerprint density at radius 1 is 0.867 bits per heavy atom. The molecule has 2 aromatic heterocycles. The van der Waals surface area contributed by atoms with Crippen LogP contribution in [-0.4, -0.2) is 15.9 Å². The van der Waals surface area contributed by atoms with Crippen LogP contribution in [0.15, 0.2) is 97.5 Å². The quantitative estimate of drug-likeness (QED) is 0.453. The number of amides is 1. The zero-order valence-electron chi connectivity index (χ0n) is 16.2. The van der Waals surface area contributed by atoms with Crippen molar-refractivity contribution in [3.05, 3.63) is 109 Å². The highest BCUT2D eigenvalue weighted by atomic mass is 16.5. The summed E-state index contributed by atoms with van der Waals surface area (Å²) in [6.45, 7) is 0.578. The van der Waals surface area contributed by atoms with Crippen molar-refractivity contribution in [2.45, 2.75) is 6.54 Å². The molecule has 0 aliphatic heterocycles. The third kappa shape index (κ3) is 5.20. The van der Waals surface area contributed by atoms with E-state index in [1.54, 1.807) is 42.9 Å². The summed E-state index contributed by atoms with van der Waals surface area (Å²) in [5.41, 5.74) is 2.23. The van der Waals surface area contributed by atoms with Crippen LogP contribution in [0, 0.1) is 0 Å². The molecule has 148 valence electrons. The van der Waals surface area contributed by atoms with Crippen molar-refractivity contribution in [1.82, 2.24) is 9.97 Å². The molecule has 4 rings (SSSR count). The molecule has 2 aromatic carbocycles. The highest BCUT2D eigenvalue weighted by molar-refractivity contribution is 6.04. The average Bonchev–Trinajstić information content (AvgIpc) is 2.80. The topological polar surface area (TPSA) is 76.1 Å². The van der Waals surface area contributed by atoms with Gasteiger partial charge in [0.05, 0.1) is 0 Å². The van der Waals surface area contributed by atoms with Crippen LogP contribution in [0.25, 0.3) is 0 Å². The van der Waals surface area contributed by atoms with Gasteiger partial charge >= 0.3 is 0 Å². The molecule has 30 heavy (non-hydrogen) atoms. The van der Waals surface area contributed by atoms with Crippen LogP contribution >= 0.6 is 0 Å². The summed E-state index contributed by atoms with van der Waals surface area (Å²) in [6.07, 6.45) is 5.12. The molecule has 1 amide bonds. The first kappa shape index (κ1) is 19.1. The lowest BCUT2D eigenvalue weighted by Gasteiger charge is -2.09. The lowest BCUT2D eigenvalue weighted by atomic mass is 10.2. The number of anilines is 2. The fourth-order valence-corrected chi connectivity index (χ4v) is 2.80. The van der Waals surface area contributed by atoms with E-state index < -0.39 is 0 Å². The Bertz CT molecular complexity index is 1100. The summed E-state index contributed by atoms with van der Waals surface area (Å²) in [5.74, 6) is 1.87. The van der Waals surface area contributed by atoms with E-state index in [1.807, 2.05) is 54.6 Å². The van der Waals surface area contributed by atoms with E-state index in [9.17, 15) is 4.79 Å². The summed E-state index contributed by atoms with van der Waals surface area (Å²) in [6, 6.07) is 24.0. The maximum Gasteiger partial charge on any atom is 0.255 e. The highest BCUT2D eigenvalue weighted by Gasteiger charge is 2.08. The van der Waals surface area contributed by atoms with Crippen LogP contribution in [-0.2, 0) is 6.54 Å². The Balaban J connectivity index is 1.36. The Morgan fingerprint density at radius 3 is 2.43 bits per heavy atom. The fourth-order valence-electron chi connectivity index (χ4n) is 2.80. The summed E-state index contributed by atoms with van der Waals surface area (Å²) < 4.78 is 5.77. The molecule has 0 unspecified atom stereocenters. The number of pyridine rings is 2. The summed E-state index contributed by atoms with van der Waals surface area (Å²) in [4.78, 5) is 21.0. The summed E-state index contributed by atoms with van der Waals surface area (Å²) >= 11 is 0. The number of nitrogens with one attached hydrogen (secondary N) is 2. The molecule has 0 aliphatic carbocycles. The van der Waals surface area contributed by atoms with Crippen LogP contribution in [0.5, 0.6) is 11.5 Å². The van der Waals surface area contributed by atoms with Gasteiger partial charge in [-0.3, -0.25) is 9.78 Å². The molecule has 0 atom stereocenters. The lowest BCUT2D eigenvalue weighted by molar-refractivity contribution is 0.102. The number of aromatic nitrogens is 2. The van der Waals surface area contributed by atoms with Gasteiger partial charge in [-0.2, -0.15) is 0 Å². The Labute approximate surface area is 174 Å². The van der Waals surface area contributed by atoms with Crippen molar-refractivity contribution in [2.75, 3.05) is 10.6 Å². The van der Waals surface area contributed by atoms with Gasteiger partial charge in [0.2, 0.25) is 0 Å². The van der Waals surface area contributed by atoms with Gasteiger partial charge in [0.1, 0.15) is 17.3 Å². The minimum atomic E-state index is -0.210. The largest absolute Gasteiger partial charge is 0.457 e. The van der Waals surface area contributed by atoms with E-state index in [0.717, 1.165) is 11.3 Å². The van der Waals surface area contributed by atoms with Crippen LogP contribution < -0.4 is 15.4 Å². The third-order valence-electron chi connectivity index (χ3n) is 4.31. The molecule has 0 aliphatic rings. The van der Waals surface area contributed by atoms with Gasteiger partial charge in [0.15, 0.2) is 0 Å². The van der Waals surface area contributed by atoms with Crippen LogP contribution in [0.3, 0.4) is 0 Å². The lowest BCUT2D eigenvalue weighted by Crippen LogP contribution is -2.12. The number of ether oxygens (including phenoxy) is 1. The van der Waals surface area contributed by atoms with Gasteiger partial charge in [-0.05, 0) is 60.2 Å². The van der Waals surface area contributed by atoms with Gasteiger partial charge in [-0.15, -0.1) is 0 Å². The Hall–Kier alpha value is -4.19. The number of rotatable bonds is 7. The van der Waals surface area contributed by atoms with E-state index in [-0.39, 0.29) is 5.91 Å². The number of benzene rings is 2. The molecular formula is C24H20N4O2. The molecular weight excluding hydrogens is 376 g/mol. The molecule has 0 saturated heterocycles. The van der Waals surface area contributed by atoms with Crippen molar-refractivity contribution < 1.29 is 9.53 Å². The van der Waals surface area contributed by atoms with Gasteiger partial charge in [-0.1, -0.05) is 24.3 Å². The highest BCUT2D eigenvalue weighted by Crippen LogP contribution is 2.23. The first-order valence-electron chi connectivity index (χ1n) is 9.49. The van der Waals surface area contributed by atoms with Crippen molar-refractivity contribution in [1.29, 1.82) is 0 Å². The zero-order chi connectivity index (χ0) is 20.6. The number of nitrogens with zero attached hydrogens (tertiary/aromatic N) is 2. The SMILES string of the molecule is O=C(Nc1ccc(Oc2ccccc2)cc1)c1ccnc(NCc2cccnc2)c1. The third-order valence-corrected chi connectivity index (χ3v) is 4.31. The maximum absolute atomic E-state index is 12.6. The standard InChI is InChI=1S/C24H20N4O2/c29-24(19-12-14-26-23(15-19)27-17-18-5-4-13-25-16-18)28-20-8-10-22(11-9-20)30-21-6-2-1-3-7-21/h1-16H,17H2,(H,26,27)(H,28,29). The summed E-state index contributed by atoms with van der Waals surface area (Å²) in [5, 5.41) is 6.09. The second-order valence-corrected chi connectivity index (χ2v) is 6.54. The van der Waals surface area contributed by atoms with Crippen molar-refractivity contribution in [2.24, 2.45) is 0 Å². The second-order valence-electron chi connectivity index (χ2n) is 6.54. The first-order valence-corrected chi connectivity index (χ1v) is 9.49. The molecule has 0 bridgehead atoms. The first-order chi connectivity index (χ1) is 14.8. The van der Waals surface area contributed by atoms with Gasteiger partial charge in [0.25, 0.3) is 5.91 Å². The molecule has 4 aromatic rings. The average molecular weight is 396 g/mol. The van der Waals surface area contributed by atoms with E-state index in [4.69, 9.17) is 4.74 Å². The zero-order valence-corrected chi connectivity index (χ0v) is 16.2. The van der Waals surface area contributed by atoms with Crippen molar-refractivity contribution in [3.63, 3.8) is 0 Å². The smallest absolute Gasteiger partial charge is 0.255 e. The molecule has 2 N–H and O–H groups in total. The fraction of sp³-hybridized carbons (Fsp3) is 0.0417. The van der Waals surface area contributed by atoms with Crippen LogP contribution in [0.4, 0.5) is 11.5 Å². The van der Waals surface area contributed by atoms with Gasteiger partial charge in [0, 0.05) is 36.4 Å². The maximum atomic E-state index is 12.6. The van der Waals surface area contributed by atoms with E-state index in [1.165, 1.54) is 0 Å². The van der Waals surface area contributed by atoms with E-state index >= 15 is 0 Å². The van der Waals surface area contributed by atoms with Crippen molar-refractivity contribution in [3.8, 4) is 11.5 Å². The predicted molar refractivity (Wildman–Crippen MR) is 117 cm³/mol. The molecule has 6 heteroatoms. The number of carbonyl (C=O) groups is 1. The Kier molecular flexibility index (Phi) is 5.96. The predicted octanol–water partition coefficient (Wildman–Crippen LogP) is 5.13.